The van der Waals surface area contributed by atoms with Crippen molar-refractivity contribution >= 4 is 73.6 Å². The maximum Gasteiger partial charge on any atom is 0.271 e. The molecule has 0 bridgehead atoms. The van der Waals surface area contributed by atoms with Crippen molar-refractivity contribution in [2.75, 3.05) is 15.8 Å². The number of amides is 1. The summed E-state index contributed by atoms with van der Waals surface area (Å²) in [5, 5.41) is 5.08. The van der Waals surface area contributed by atoms with Gasteiger partial charge in [0, 0.05) is 10.6 Å². The van der Waals surface area contributed by atoms with Crippen LogP contribution in [0.4, 0.5) is 11.4 Å². The van der Waals surface area contributed by atoms with E-state index >= 15 is 0 Å². The average molecular weight is 473 g/mol. The number of nitrogens with one attached hydrogen (secondary N) is 2. The number of hydrogen-bond donors (Lipinski definition) is 2. The quantitative estimate of drug-likeness (QED) is 0.439. The van der Waals surface area contributed by atoms with Crippen LogP contribution in [0.2, 0.25) is 10.0 Å². The summed E-state index contributed by atoms with van der Waals surface area (Å²) in [6.45, 7) is 0. The number of sulfonamides is 1. The third-order valence-electron chi connectivity index (χ3n) is 3.46. The second-order valence-corrected chi connectivity index (χ2v) is 10.2. The second kappa shape index (κ2) is 9.19. The molecule has 0 radical (unpaired) electrons. The molecular weight excluding hydrogens is 459 g/mol. The van der Waals surface area contributed by atoms with Gasteiger partial charge in [-0.2, -0.15) is 0 Å². The molecule has 28 heavy (non-hydrogen) atoms. The zero-order valence-corrected chi connectivity index (χ0v) is 18.1. The molecule has 10 heteroatoms. The van der Waals surface area contributed by atoms with Crippen molar-refractivity contribution in [2.24, 2.45) is 0 Å². The van der Waals surface area contributed by atoms with E-state index in [2.05, 4.69) is 10.0 Å². The molecule has 0 aliphatic carbocycles. The summed E-state index contributed by atoms with van der Waals surface area (Å²) >= 11 is 14.4. The molecule has 2 aromatic carbocycles. The molecule has 0 atom stereocenters. The minimum absolute atomic E-state index is 0.170. The Labute approximate surface area is 181 Å². The molecule has 1 amide bonds. The Kier molecular flexibility index (Phi) is 6.90. The van der Waals surface area contributed by atoms with Gasteiger partial charge in [0.15, 0.2) is 0 Å². The van der Waals surface area contributed by atoms with Crippen LogP contribution in [0.25, 0.3) is 0 Å². The molecule has 0 saturated heterocycles. The summed E-state index contributed by atoms with van der Waals surface area (Å²) in [7, 11) is -3.58. The zero-order valence-electron chi connectivity index (χ0n) is 14.2. The average Bonchev–Trinajstić information content (AvgIpc) is 3.21. The minimum Gasteiger partial charge on any atom is -0.324 e. The van der Waals surface area contributed by atoms with Crippen LogP contribution >= 0.6 is 46.3 Å². The predicted molar refractivity (Wildman–Crippen MR) is 117 cm³/mol. The highest BCUT2D eigenvalue weighted by Crippen LogP contribution is 2.30. The fraction of sp³-hybridized carbons (Fsp3) is 0.0556. The third kappa shape index (κ3) is 5.42. The molecule has 5 nitrogen and oxygen atoms in total. The van der Waals surface area contributed by atoms with Gasteiger partial charge in [-0.3, -0.25) is 9.52 Å². The zero-order chi connectivity index (χ0) is 20.1. The van der Waals surface area contributed by atoms with Gasteiger partial charge in [0.25, 0.3) is 10.0 Å². The van der Waals surface area contributed by atoms with Crippen LogP contribution in [-0.2, 0) is 14.8 Å². The molecule has 0 spiro atoms. The van der Waals surface area contributed by atoms with Crippen molar-refractivity contribution in [1.29, 1.82) is 0 Å². The highest BCUT2D eigenvalue weighted by atomic mass is 35.5. The molecule has 1 heterocycles. The molecule has 0 unspecified atom stereocenters. The second-order valence-electron chi connectivity index (χ2n) is 5.50. The molecule has 3 rings (SSSR count). The maximum atomic E-state index is 12.2. The van der Waals surface area contributed by atoms with Crippen molar-refractivity contribution in [2.45, 2.75) is 9.10 Å². The Morgan fingerprint density at radius 1 is 1.04 bits per heavy atom. The van der Waals surface area contributed by atoms with E-state index in [-0.39, 0.29) is 15.9 Å². The summed E-state index contributed by atoms with van der Waals surface area (Å²) in [5.74, 6) is -0.0556. The fourth-order valence-corrected chi connectivity index (χ4v) is 5.27. The van der Waals surface area contributed by atoms with E-state index in [1.165, 1.54) is 11.8 Å². The van der Waals surface area contributed by atoms with Gasteiger partial charge in [0.2, 0.25) is 5.91 Å². The van der Waals surface area contributed by atoms with Crippen LogP contribution in [0.1, 0.15) is 0 Å². The number of thioether (sulfide) groups is 1. The lowest BCUT2D eigenvalue weighted by molar-refractivity contribution is -0.113. The highest BCUT2D eigenvalue weighted by molar-refractivity contribution is 8.00. The Hall–Kier alpha value is -1.71. The molecule has 0 aliphatic rings. The first-order valence-electron chi connectivity index (χ1n) is 7.88. The maximum absolute atomic E-state index is 12.2. The normalized spacial score (nSPS) is 11.2. The summed E-state index contributed by atoms with van der Waals surface area (Å²) in [5.41, 5.74) is 0.908. The number of anilines is 2. The lowest BCUT2D eigenvalue weighted by atomic mass is 10.3. The Morgan fingerprint density at radius 2 is 1.79 bits per heavy atom. The Balaban J connectivity index is 1.56. The number of benzene rings is 2. The van der Waals surface area contributed by atoms with Gasteiger partial charge in [-0.05, 0) is 47.8 Å². The Bertz CT molecular complexity index is 1070. The van der Waals surface area contributed by atoms with Gasteiger partial charge in [-0.25, -0.2) is 8.42 Å². The fourth-order valence-electron chi connectivity index (χ4n) is 2.18. The first-order valence-corrected chi connectivity index (χ1v) is 12.0. The van der Waals surface area contributed by atoms with E-state index < -0.39 is 10.0 Å². The van der Waals surface area contributed by atoms with Gasteiger partial charge in [-0.15, -0.1) is 23.1 Å². The highest BCUT2D eigenvalue weighted by Gasteiger charge is 2.15. The monoisotopic (exact) mass is 472 g/mol. The van der Waals surface area contributed by atoms with Crippen LogP contribution in [-0.4, -0.2) is 20.1 Å². The van der Waals surface area contributed by atoms with E-state index in [0.29, 0.717) is 21.4 Å². The first kappa shape index (κ1) is 21.0. The SMILES string of the molecule is O=C(CSc1ccc(NS(=O)(=O)c2cccs2)cc1)Nc1cccc(Cl)c1Cl. The molecular formula is C18H14Cl2N2O3S3. The number of rotatable bonds is 7. The van der Waals surface area contributed by atoms with Crippen molar-refractivity contribution in [3.8, 4) is 0 Å². The number of hydrogen-bond acceptors (Lipinski definition) is 5. The predicted octanol–water partition coefficient (Wildman–Crippen LogP) is 5.59. The summed E-state index contributed by atoms with van der Waals surface area (Å²) in [6.07, 6.45) is 0. The van der Waals surface area contributed by atoms with Gasteiger partial charge in [0.1, 0.15) is 4.21 Å². The van der Waals surface area contributed by atoms with Crippen LogP contribution in [0.15, 0.2) is 69.1 Å². The number of thiophene rings is 1. The third-order valence-corrected chi connectivity index (χ3v) is 8.07. The first-order chi connectivity index (χ1) is 13.3. The Morgan fingerprint density at radius 3 is 2.46 bits per heavy atom. The number of carbonyl (C=O) groups is 1. The van der Waals surface area contributed by atoms with Crippen LogP contribution in [0.5, 0.6) is 0 Å². The molecule has 0 fully saturated rings. The molecule has 0 saturated carbocycles. The van der Waals surface area contributed by atoms with Gasteiger partial charge in [0.05, 0.1) is 21.5 Å². The van der Waals surface area contributed by atoms with Gasteiger partial charge >= 0.3 is 0 Å². The van der Waals surface area contributed by atoms with Crippen molar-refractivity contribution in [3.05, 3.63) is 70.0 Å². The molecule has 0 aliphatic heterocycles. The van der Waals surface area contributed by atoms with Crippen molar-refractivity contribution in [3.63, 3.8) is 0 Å². The topological polar surface area (TPSA) is 75.3 Å². The number of carbonyl (C=O) groups excluding carboxylic acids is 1. The van der Waals surface area contributed by atoms with E-state index in [4.69, 9.17) is 23.2 Å². The van der Waals surface area contributed by atoms with Crippen molar-refractivity contribution in [1.82, 2.24) is 0 Å². The van der Waals surface area contributed by atoms with Crippen molar-refractivity contribution < 1.29 is 13.2 Å². The molecule has 2 N–H and O–H groups in total. The molecule has 1 aromatic heterocycles. The molecule has 3 aromatic rings. The number of halogens is 2. The smallest absolute Gasteiger partial charge is 0.271 e. The van der Waals surface area contributed by atoms with Gasteiger partial charge < -0.3 is 5.32 Å². The van der Waals surface area contributed by atoms with Crippen LogP contribution < -0.4 is 10.0 Å². The molecule has 146 valence electrons. The van der Waals surface area contributed by atoms with Crippen LogP contribution in [0.3, 0.4) is 0 Å². The van der Waals surface area contributed by atoms with Gasteiger partial charge in [-0.1, -0.05) is 35.3 Å². The minimum atomic E-state index is -3.58. The summed E-state index contributed by atoms with van der Waals surface area (Å²) in [6, 6.07) is 15.0. The summed E-state index contributed by atoms with van der Waals surface area (Å²) < 4.78 is 27.2. The lowest BCUT2D eigenvalue weighted by Crippen LogP contribution is -2.14. The lowest BCUT2D eigenvalue weighted by Gasteiger charge is -2.09. The van der Waals surface area contributed by atoms with Crippen LogP contribution in [0, 0.1) is 0 Å². The van der Waals surface area contributed by atoms with E-state index in [0.717, 1.165) is 16.2 Å². The van der Waals surface area contributed by atoms with E-state index in [1.807, 2.05) is 0 Å². The standard InChI is InChI=1S/C18H14Cl2N2O3S3/c19-14-3-1-4-15(18(14)20)21-16(23)11-27-13-8-6-12(7-9-13)22-28(24,25)17-5-2-10-26-17/h1-10,22H,11H2,(H,21,23). The largest absolute Gasteiger partial charge is 0.324 e. The van der Waals surface area contributed by atoms with E-state index in [9.17, 15) is 13.2 Å². The summed E-state index contributed by atoms with van der Waals surface area (Å²) in [4.78, 5) is 12.9. The van der Waals surface area contributed by atoms with E-state index in [1.54, 1.807) is 60.0 Å².